The second kappa shape index (κ2) is 7.07. The third-order valence-electron chi connectivity index (χ3n) is 4.66. The molecule has 2 aliphatic carbocycles. The van der Waals surface area contributed by atoms with E-state index in [1.165, 1.54) is 32.1 Å². The summed E-state index contributed by atoms with van der Waals surface area (Å²) in [6.45, 7) is 2.30. The molecule has 0 spiro atoms. The topological polar surface area (TPSA) is 70.1 Å². The Balaban J connectivity index is 1.46. The van der Waals surface area contributed by atoms with Crippen molar-refractivity contribution in [3.63, 3.8) is 0 Å². The van der Waals surface area contributed by atoms with Gasteiger partial charge in [0.25, 0.3) is 0 Å². The first kappa shape index (κ1) is 14.6. The number of aromatic nitrogens is 2. The molecule has 21 heavy (non-hydrogen) atoms. The summed E-state index contributed by atoms with van der Waals surface area (Å²) < 4.78 is 0. The van der Waals surface area contributed by atoms with Gasteiger partial charge in [-0.1, -0.05) is 6.42 Å². The predicted octanol–water partition coefficient (Wildman–Crippen LogP) is 2.51. The zero-order valence-electron chi connectivity index (χ0n) is 12.6. The van der Waals surface area contributed by atoms with Crippen LogP contribution in [0.1, 0.15) is 38.5 Å². The predicted molar refractivity (Wildman–Crippen MR) is 84.3 cm³/mol. The average Bonchev–Trinajstić information content (AvgIpc) is 3.36. The number of rotatable bonds is 7. The molecule has 3 N–H and O–H groups in total. The Kier molecular flexibility index (Phi) is 4.91. The summed E-state index contributed by atoms with van der Waals surface area (Å²) in [5.41, 5.74) is 0. The standard InChI is InChI=1S/C16H26N4O/c21-10-14-3-1-2-13(6-14)9-18-16-7-15(19-11-20-16)17-8-12-4-5-12/h7,11-14,21H,1-6,8-10H2,(H2,17,18,19,20)/t13-,14+/m0/s1. The lowest BCUT2D eigenvalue weighted by atomic mass is 9.82. The molecule has 0 unspecified atom stereocenters. The Morgan fingerprint density at radius 2 is 1.62 bits per heavy atom. The van der Waals surface area contributed by atoms with Crippen molar-refractivity contribution in [2.24, 2.45) is 17.8 Å². The number of nitrogens with one attached hydrogen (secondary N) is 2. The summed E-state index contributed by atoms with van der Waals surface area (Å²) in [5.74, 6) is 3.79. The van der Waals surface area contributed by atoms with Crippen LogP contribution in [0.5, 0.6) is 0 Å². The van der Waals surface area contributed by atoms with Gasteiger partial charge in [0.15, 0.2) is 0 Å². The molecule has 2 saturated carbocycles. The maximum absolute atomic E-state index is 9.29. The molecule has 2 atom stereocenters. The summed E-state index contributed by atoms with van der Waals surface area (Å²) in [4.78, 5) is 8.56. The van der Waals surface area contributed by atoms with Crippen LogP contribution in [0.15, 0.2) is 12.4 Å². The van der Waals surface area contributed by atoms with Crippen molar-refractivity contribution >= 4 is 11.6 Å². The zero-order chi connectivity index (χ0) is 14.5. The van der Waals surface area contributed by atoms with Crippen LogP contribution in [-0.4, -0.2) is 34.8 Å². The molecule has 0 saturated heterocycles. The van der Waals surface area contributed by atoms with Gasteiger partial charge in [-0.05, 0) is 49.9 Å². The van der Waals surface area contributed by atoms with Crippen molar-refractivity contribution in [1.82, 2.24) is 9.97 Å². The van der Waals surface area contributed by atoms with Gasteiger partial charge in [0, 0.05) is 25.8 Å². The Morgan fingerprint density at radius 3 is 2.29 bits per heavy atom. The van der Waals surface area contributed by atoms with Crippen LogP contribution in [0.4, 0.5) is 11.6 Å². The Morgan fingerprint density at radius 1 is 0.952 bits per heavy atom. The van der Waals surface area contributed by atoms with E-state index in [2.05, 4.69) is 20.6 Å². The van der Waals surface area contributed by atoms with Crippen LogP contribution < -0.4 is 10.6 Å². The van der Waals surface area contributed by atoms with Gasteiger partial charge in [-0.2, -0.15) is 0 Å². The van der Waals surface area contributed by atoms with Gasteiger partial charge in [-0.3, -0.25) is 0 Å². The molecule has 1 aromatic heterocycles. The van der Waals surface area contributed by atoms with Crippen LogP contribution in [0.2, 0.25) is 0 Å². The maximum Gasteiger partial charge on any atom is 0.131 e. The van der Waals surface area contributed by atoms with E-state index in [4.69, 9.17) is 0 Å². The summed E-state index contributed by atoms with van der Waals surface area (Å²) in [5, 5.41) is 16.1. The Labute approximate surface area is 126 Å². The normalized spacial score (nSPS) is 25.6. The SMILES string of the molecule is OC[C@@H]1CCC[C@H](CNc2cc(NCC3CC3)ncn2)C1. The highest BCUT2D eigenvalue weighted by atomic mass is 16.3. The number of nitrogens with zero attached hydrogens (tertiary/aromatic N) is 2. The van der Waals surface area contributed by atoms with E-state index in [0.29, 0.717) is 18.4 Å². The lowest BCUT2D eigenvalue weighted by Crippen LogP contribution is -2.24. The number of aliphatic hydroxyl groups is 1. The van der Waals surface area contributed by atoms with Crippen molar-refractivity contribution in [2.75, 3.05) is 30.3 Å². The average molecular weight is 290 g/mol. The molecule has 0 radical (unpaired) electrons. The van der Waals surface area contributed by atoms with Gasteiger partial charge < -0.3 is 15.7 Å². The Hall–Kier alpha value is -1.36. The second-order valence-electron chi connectivity index (χ2n) is 6.57. The van der Waals surface area contributed by atoms with Crippen molar-refractivity contribution < 1.29 is 5.11 Å². The van der Waals surface area contributed by atoms with E-state index in [1.54, 1.807) is 6.33 Å². The molecule has 116 valence electrons. The highest BCUT2D eigenvalue weighted by Gasteiger charge is 2.22. The van der Waals surface area contributed by atoms with E-state index < -0.39 is 0 Å². The van der Waals surface area contributed by atoms with Gasteiger partial charge in [-0.15, -0.1) is 0 Å². The molecule has 2 fully saturated rings. The molecule has 5 nitrogen and oxygen atoms in total. The molecular formula is C16H26N4O. The molecule has 0 amide bonds. The second-order valence-corrected chi connectivity index (χ2v) is 6.57. The van der Waals surface area contributed by atoms with Crippen LogP contribution in [0, 0.1) is 17.8 Å². The smallest absolute Gasteiger partial charge is 0.131 e. The Bertz CT molecular complexity index is 450. The van der Waals surface area contributed by atoms with Crippen molar-refractivity contribution in [3.8, 4) is 0 Å². The summed E-state index contributed by atoms with van der Waals surface area (Å²) >= 11 is 0. The van der Waals surface area contributed by atoms with Crippen molar-refractivity contribution in [2.45, 2.75) is 38.5 Å². The van der Waals surface area contributed by atoms with Crippen molar-refractivity contribution in [1.29, 1.82) is 0 Å². The largest absolute Gasteiger partial charge is 0.396 e. The van der Waals surface area contributed by atoms with Crippen LogP contribution in [-0.2, 0) is 0 Å². The number of hydrogen-bond acceptors (Lipinski definition) is 5. The van der Waals surface area contributed by atoms with Crippen molar-refractivity contribution in [3.05, 3.63) is 12.4 Å². The molecule has 3 rings (SSSR count). The monoisotopic (exact) mass is 290 g/mol. The lowest BCUT2D eigenvalue weighted by molar-refractivity contribution is 0.164. The van der Waals surface area contributed by atoms with Gasteiger partial charge >= 0.3 is 0 Å². The molecule has 5 heteroatoms. The molecule has 2 aliphatic rings. The van der Waals surface area contributed by atoms with E-state index in [0.717, 1.165) is 37.1 Å². The quantitative estimate of drug-likeness (QED) is 0.720. The first-order valence-corrected chi connectivity index (χ1v) is 8.24. The van der Waals surface area contributed by atoms with Gasteiger partial charge in [0.05, 0.1) is 0 Å². The highest BCUT2D eigenvalue weighted by Crippen LogP contribution is 2.29. The minimum absolute atomic E-state index is 0.333. The van der Waals surface area contributed by atoms with Crippen LogP contribution >= 0.6 is 0 Å². The minimum Gasteiger partial charge on any atom is -0.396 e. The summed E-state index contributed by atoms with van der Waals surface area (Å²) in [6, 6.07) is 1.99. The zero-order valence-corrected chi connectivity index (χ0v) is 12.6. The minimum atomic E-state index is 0.333. The highest BCUT2D eigenvalue weighted by molar-refractivity contribution is 5.46. The summed E-state index contributed by atoms with van der Waals surface area (Å²) in [7, 11) is 0. The van der Waals surface area contributed by atoms with Gasteiger partial charge in [0.1, 0.15) is 18.0 Å². The van der Waals surface area contributed by atoms with Crippen LogP contribution in [0.3, 0.4) is 0 Å². The van der Waals surface area contributed by atoms with E-state index in [9.17, 15) is 5.11 Å². The van der Waals surface area contributed by atoms with E-state index >= 15 is 0 Å². The molecular weight excluding hydrogens is 264 g/mol. The summed E-state index contributed by atoms with van der Waals surface area (Å²) in [6.07, 6.45) is 9.09. The molecule has 1 heterocycles. The van der Waals surface area contributed by atoms with Gasteiger partial charge in [0.2, 0.25) is 0 Å². The fourth-order valence-corrected chi connectivity index (χ4v) is 3.12. The fraction of sp³-hybridized carbons (Fsp3) is 0.750. The third kappa shape index (κ3) is 4.56. The molecule has 0 aliphatic heterocycles. The molecule has 0 bridgehead atoms. The van der Waals surface area contributed by atoms with E-state index in [1.807, 2.05) is 6.07 Å². The number of aliphatic hydroxyl groups excluding tert-OH is 1. The lowest BCUT2D eigenvalue weighted by Gasteiger charge is -2.28. The molecule has 1 aromatic rings. The first-order chi connectivity index (χ1) is 10.3. The number of anilines is 2. The third-order valence-corrected chi connectivity index (χ3v) is 4.66. The van der Waals surface area contributed by atoms with E-state index in [-0.39, 0.29) is 0 Å². The molecule has 0 aromatic carbocycles. The van der Waals surface area contributed by atoms with Gasteiger partial charge in [-0.25, -0.2) is 9.97 Å². The van der Waals surface area contributed by atoms with Crippen LogP contribution in [0.25, 0.3) is 0 Å². The number of hydrogen-bond donors (Lipinski definition) is 3. The first-order valence-electron chi connectivity index (χ1n) is 8.24. The fourth-order valence-electron chi connectivity index (χ4n) is 3.12. The maximum atomic E-state index is 9.29.